The van der Waals surface area contributed by atoms with Crippen molar-refractivity contribution in [2.24, 2.45) is 0 Å². The van der Waals surface area contributed by atoms with Gasteiger partial charge >= 0.3 is 0 Å². The van der Waals surface area contributed by atoms with Crippen molar-refractivity contribution in [2.75, 3.05) is 13.2 Å². The van der Waals surface area contributed by atoms with Crippen LogP contribution in [0.4, 0.5) is 0 Å². The number of hydrogen-bond acceptors (Lipinski definition) is 3. The van der Waals surface area contributed by atoms with E-state index in [0.29, 0.717) is 12.1 Å². The Morgan fingerprint density at radius 2 is 2.11 bits per heavy atom. The monoisotopic (exact) mass is 269 g/mol. The third kappa shape index (κ3) is 5.51. The van der Waals surface area contributed by atoms with Gasteiger partial charge in [0, 0.05) is 12.6 Å². The molecule has 1 aromatic heterocycles. The van der Waals surface area contributed by atoms with Crippen LogP contribution < -0.4 is 5.32 Å². The fourth-order valence-corrected chi connectivity index (χ4v) is 3.04. The van der Waals surface area contributed by atoms with Crippen molar-refractivity contribution in [1.82, 2.24) is 5.32 Å². The van der Waals surface area contributed by atoms with Gasteiger partial charge in [-0.05, 0) is 55.1 Å². The van der Waals surface area contributed by atoms with Crippen molar-refractivity contribution < 1.29 is 4.74 Å². The number of ether oxygens (including phenoxy) is 1. The van der Waals surface area contributed by atoms with Crippen LogP contribution in [-0.2, 0) is 11.2 Å². The summed E-state index contributed by atoms with van der Waals surface area (Å²) in [6.45, 7) is 8.32. The first-order chi connectivity index (χ1) is 8.81. The zero-order valence-electron chi connectivity index (χ0n) is 11.9. The summed E-state index contributed by atoms with van der Waals surface area (Å²) in [5.74, 6) is 0. The normalized spacial score (nSPS) is 14.6. The molecule has 0 aliphatic heterocycles. The summed E-state index contributed by atoms with van der Waals surface area (Å²) < 4.78 is 5.91. The van der Waals surface area contributed by atoms with Crippen LogP contribution in [0.2, 0.25) is 0 Å². The Balaban J connectivity index is 2.49. The molecule has 2 atom stereocenters. The summed E-state index contributed by atoms with van der Waals surface area (Å²) >= 11 is 1.78. The highest BCUT2D eigenvalue weighted by atomic mass is 32.1. The average molecular weight is 269 g/mol. The molecule has 0 saturated carbocycles. The summed E-state index contributed by atoms with van der Waals surface area (Å²) in [5, 5.41) is 8.00. The topological polar surface area (TPSA) is 21.3 Å². The highest BCUT2D eigenvalue weighted by Crippen LogP contribution is 2.15. The predicted octanol–water partition coefficient (Wildman–Crippen LogP) is 3.86. The first-order valence-corrected chi connectivity index (χ1v) is 8.12. The molecule has 1 heterocycles. The fraction of sp³-hybridized carbons (Fsp3) is 0.733. The number of aryl methyl sites for hydroxylation is 1. The zero-order chi connectivity index (χ0) is 13.2. The summed E-state index contributed by atoms with van der Waals surface area (Å²) in [6, 6.07) is 2.71. The van der Waals surface area contributed by atoms with Crippen molar-refractivity contribution >= 4 is 11.3 Å². The molecule has 0 fully saturated rings. The molecule has 3 heteroatoms. The molecule has 0 saturated heterocycles. The second-order valence-corrected chi connectivity index (χ2v) is 5.40. The van der Waals surface area contributed by atoms with Gasteiger partial charge in [-0.15, -0.1) is 0 Å². The van der Waals surface area contributed by atoms with Crippen molar-refractivity contribution in [1.29, 1.82) is 0 Å². The minimum absolute atomic E-state index is 0.360. The second kappa shape index (κ2) is 9.54. The minimum atomic E-state index is 0.360. The van der Waals surface area contributed by atoms with Crippen molar-refractivity contribution in [2.45, 2.75) is 58.6 Å². The summed E-state index contributed by atoms with van der Waals surface area (Å²) in [4.78, 5) is 0. The molecule has 18 heavy (non-hydrogen) atoms. The van der Waals surface area contributed by atoms with Crippen LogP contribution >= 0.6 is 11.3 Å². The van der Waals surface area contributed by atoms with Gasteiger partial charge in [0.1, 0.15) is 0 Å². The average Bonchev–Trinajstić information content (AvgIpc) is 2.87. The molecular formula is C15H27NOS. The molecule has 0 aliphatic rings. The summed E-state index contributed by atoms with van der Waals surface area (Å²) in [7, 11) is 0. The van der Waals surface area contributed by atoms with Gasteiger partial charge < -0.3 is 10.1 Å². The number of nitrogens with one attached hydrogen (secondary N) is 1. The molecule has 1 aromatic rings. The first-order valence-electron chi connectivity index (χ1n) is 7.17. The molecule has 2 unspecified atom stereocenters. The van der Waals surface area contributed by atoms with E-state index in [9.17, 15) is 0 Å². The standard InChI is InChI=1S/C15H27NOS/c1-4-7-15(17-6-3)14(16-5-2)9-8-13-10-11-18-12-13/h10-12,14-16H,4-9H2,1-3H3. The maximum atomic E-state index is 5.91. The molecule has 0 radical (unpaired) electrons. The lowest BCUT2D eigenvalue weighted by Crippen LogP contribution is -2.41. The van der Waals surface area contributed by atoms with E-state index in [4.69, 9.17) is 4.74 Å². The zero-order valence-corrected chi connectivity index (χ0v) is 12.8. The van der Waals surface area contributed by atoms with E-state index < -0.39 is 0 Å². The van der Waals surface area contributed by atoms with Gasteiger partial charge in [0.2, 0.25) is 0 Å². The van der Waals surface area contributed by atoms with Crippen molar-refractivity contribution in [3.05, 3.63) is 22.4 Å². The van der Waals surface area contributed by atoms with Crippen molar-refractivity contribution in [3.63, 3.8) is 0 Å². The van der Waals surface area contributed by atoms with Crippen molar-refractivity contribution in [3.8, 4) is 0 Å². The maximum Gasteiger partial charge on any atom is 0.0727 e. The Kier molecular flexibility index (Phi) is 8.31. The number of hydrogen-bond donors (Lipinski definition) is 1. The van der Waals surface area contributed by atoms with E-state index in [1.54, 1.807) is 11.3 Å². The maximum absolute atomic E-state index is 5.91. The predicted molar refractivity (Wildman–Crippen MR) is 80.4 cm³/mol. The van der Waals surface area contributed by atoms with Gasteiger partial charge in [-0.2, -0.15) is 11.3 Å². The Hall–Kier alpha value is -0.380. The highest BCUT2D eigenvalue weighted by molar-refractivity contribution is 7.07. The molecule has 1 rings (SSSR count). The van der Waals surface area contributed by atoms with Crippen LogP contribution in [0.1, 0.15) is 45.6 Å². The van der Waals surface area contributed by atoms with E-state index >= 15 is 0 Å². The molecule has 0 aliphatic carbocycles. The summed E-state index contributed by atoms with van der Waals surface area (Å²) in [6.07, 6.45) is 5.00. The first kappa shape index (κ1) is 15.7. The lowest BCUT2D eigenvalue weighted by atomic mass is 9.99. The molecule has 0 amide bonds. The van der Waals surface area contributed by atoms with Crippen LogP contribution in [0.15, 0.2) is 16.8 Å². The van der Waals surface area contributed by atoms with Gasteiger partial charge in [-0.1, -0.05) is 20.3 Å². The van der Waals surface area contributed by atoms with Gasteiger partial charge in [0.25, 0.3) is 0 Å². The molecular weight excluding hydrogens is 242 g/mol. The summed E-state index contributed by atoms with van der Waals surface area (Å²) in [5.41, 5.74) is 1.45. The Morgan fingerprint density at radius 1 is 1.28 bits per heavy atom. The molecule has 0 bridgehead atoms. The Morgan fingerprint density at radius 3 is 2.67 bits per heavy atom. The van der Waals surface area contributed by atoms with Gasteiger partial charge in [0.15, 0.2) is 0 Å². The van der Waals surface area contributed by atoms with E-state index in [0.717, 1.165) is 32.4 Å². The van der Waals surface area contributed by atoms with Gasteiger partial charge in [0.05, 0.1) is 6.10 Å². The van der Waals surface area contributed by atoms with Crippen LogP contribution in [0, 0.1) is 0 Å². The molecule has 2 nitrogen and oxygen atoms in total. The van der Waals surface area contributed by atoms with E-state index in [2.05, 4.69) is 42.9 Å². The smallest absolute Gasteiger partial charge is 0.0727 e. The highest BCUT2D eigenvalue weighted by Gasteiger charge is 2.20. The largest absolute Gasteiger partial charge is 0.377 e. The third-order valence-electron chi connectivity index (χ3n) is 3.19. The van der Waals surface area contributed by atoms with Crippen LogP contribution in [-0.4, -0.2) is 25.3 Å². The van der Waals surface area contributed by atoms with Crippen LogP contribution in [0.25, 0.3) is 0 Å². The number of likely N-dealkylation sites (N-methyl/N-ethyl adjacent to an activating group) is 1. The molecule has 0 spiro atoms. The van der Waals surface area contributed by atoms with E-state index in [-0.39, 0.29) is 0 Å². The molecule has 104 valence electrons. The lowest BCUT2D eigenvalue weighted by Gasteiger charge is -2.27. The second-order valence-electron chi connectivity index (χ2n) is 4.62. The Labute approximate surface area is 116 Å². The minimum Gasteiger partial charge on any atom is -0.377 e. The third-order valence-corrected chi connectivity index (χ3v) is 3.93. The van der Waals surface area contributed by atoms with Gasteiger partial charge in [-0.25, -0.2) is 0 Å². The lowest BCUT2D eigenvalue weighted by molar-refractivity contribution is 0.0264. The number of rotatable bonds is 10. The quantitative estimate of drug-likeness (QED) is 0.696. The van der Waals surface area contributed by atoms with E-state index in [1.165, 1.54) is 12.0 Å². The SMILES string of the molecule is CCCC(OCC)C(CCc1ccsc1)NCC. The molecule has 1 N–H and O–H groups in total. The van der Waals surface area contributed by atoms with E-state index in [1.807, 2.05) is 0 Å². The fourth-order valence-electron chi connectivity index (χ4n) is 2.34. The Bertz CT molecular complexity index is 281. The van der Waals surface area contributed by atoms with Crippen LogP contribution in [0.5, 0.6) is 0 Å². The van der Waals surface area contributed by atoms with Gasteiger partial charge in [-0.3, -0.25) is 0 Å². The van der Waals surface area contributed by atoms with Crippen LogP contribution in [0.3, 0.4) is 0 Å². The molecule has 0 aromatic carbocycles. The number of thiophene rings is 1.